The lowest BCUT2D eigenvalue weighted by atomic mass is 10.2. The molecule has 0 saturated carbocycles. The van der Waals surface area contributed by atoms with E-state index in [4.69, 9.17) is 0 Å². The van der Waals surface area contributed by atoms with Crippen molar-refractivity contribution < 1.29 is 9.59 Å². The first-order chi connectivity index (χ1) is 8.11. The van der Waals surface area contributed by atoms with Crippen LogP contribution in [0.3, 0.4) is 0 Å². The van der Waals surface area contributed by atoms with E-state index in [1.165, 1.54) is 4.90 Å². The van der Waals surface area contributed by atoms with Crippen molar-refractivity contribution >= 4 is 28.6 Å². The highest BCUT2D eigenvalue weighted by atomic mass is 32.2. The average Bonchev–Trinajstić information content (AvgIpc) is 2.54. The van der Waals surface area contributed by atoms with Crippen molar-refractivity contribution in [3.8, 4) is 0 Å². The van der Waals surface area contributed by atoms with Gasteiger partial charge in [-0.25, -0.2) is 0 Å². The zero-order valence-electron chi connectivity index (χ0n) is 9.77. The summed E-state index contributed by atoms with van der Waals surface area (Å²) in [5, 5.41) is 2.40. The lowest BCUT2D eigenvalue weighted by Gasteiger charge is -2.13. The predicted molar refractivity (Wildman–Crippen MR) is 69.0 cm³/mol. The molecule has 1 atom stereocenters. The van der Waals surface area contributed by atoms with E-state index in [2.05, 4.69) is 5.32 Å². The van der Waals surface area contributed by atoms with Crippen LogP contribution in [0.2, 0.25) is 0 Å². The van der Waals surface area contributed by atoms with Gasteiger partial charge in [-0.3, -0.25) is 14.5 Å². The summed E-state index contributed by atoms with van der Waals surface area (Å²) in [5.41, 5.74) is 1.98. The van der Waals surface area contributed by atoms with Crippen molar-refractivity contribution in [1.82, 2.24) is 4.90 Å². The van der Waals surface area contributed by atoms with Crippen molar-refractivity contribution in [3.05, 3.63) is 29.8 Å². The first-order valence-electron chi connectivity index (χ1n) is 5.47. The Morgan fingerprint density at radius 2 is 2.18 bits per heavy atom. The number of carbonyl (C=O) groups is 2. The minimum atomic E-state index is -0.496. The number of likely N-dealkylation sites (N-methyl/N-ethyl adjacent to an activating group) is 1. The van der Waals surface area contributed by atoms with Crippen molar-refractivity contribution in [1.29, 1.82) is 0 Å². The molecular formula is C12H14N2O2S. The molecule has 0 spiro atoms. The third-order valence-electron chi connectivity index (χ3n) is 2.56. The summed E-state index contributed by atoms with van der Waals surface area (Å²) >= 11 is 1.03. The molecule has 0 aromatic heterocycles. The second-order valence-electron chi connectivity index (χ2n) is 3.86. The Kier molecular flexibility index (Phi) is 3.38. The van der Waals surface area contributed by atoms with E-state index in [1.807, 2.05) is 31.2 Å². The highest BCUT2D eigenvalue weighted by molar-refractivity contribution is 8.15. The quantitative estimate of drug-likeness (QED) is 0.895. The fourth-order valence-electron chi connectivity index (χ4n) is 1.71. The molecule has 1 fully saturated rings. The van der Waals surface area contributed by atoms with Gasteiger partial charge in [0.15, 0.2) is 5.37 Å². The average molecular weight is 250 g/mol. The molecule has 1 saturated heterocycles. The molecule has 0 unspecified atom stereocenters. The van der Waals surface area contributed by atoms with Gasteiger partial charge in [-0.1, -0.05) is 12.1 Å². The van der Waals surface area contributed by atoms with Crippen molar-refractivity contribution in [3.63, 3.8) is 0 Å². The van der Waals surface area contributed by atoms with E-state index in [0.29, 0.717) is 6.54 Å². The van der Waals surface area contributed by atoms with Crippen molar-refractivity contribution in [2.24, 2.45) is 0 Å². The monoisotopic (exact) mass is 250 g/mol. The molecule has 1 aliphatic heterocycles. The van der Waals surface area contributed by atoms with Gasteiger partial charge in [0.2, 0.25) is 0 Å². The first-order valence-corrected chi connectivity index (χ1v) is 6.35. The van der Waals surface area contributed by atoms with Gasteiger partial charge in [0.05, 0.1) is 0 Å². The summed E-state index contributed by atoms with van der Waals surface area (Å²) in [5.74, 6) is -0.163. The van der Waals surface area contributed by atoms with Crippen LogP contribution in [0.15, 0.2) is 24.3 Å². The Morgan fingerprint density at radius 1 is 1.41 bits per heavy atom. The maximum atomic E-state index is 11.9. The number of carbonyl (C=O) groups excluding carboxylic acids is 2. The maximum absolute atomic E-state index is 11.9. The molecule has 0 radical (unpaired) electrons. The number of hydrogen-bond acceptors (Lipinski definition) is 4. The molecule has 17 heavy (non-hydrogen) atoms. The van der Waals surface area contributed by atoms with Crippen LogP contribution in [0, 0.1) is 6.92 Å². The second-order valence-corrected chi connectivity index (χ2v) is 4.92. The normalized spacial score (nSPS) is 19.9. The molecule has 1 aliphatic rings. The van der Waals surface area contributed by atoms with Crippen molar-refractivity contribution in [2.45, 2.75) is 19.2 Å². The number of hydrogen-bond donors (Lipinski definition) is 1. The van der Waals surface area contributed by atoms with E-state index >= 15 is 0 Å². The van der Waals surface area contributed by atoms with Crippen LogP contribution in [-0.4, -0.2) is 28.0 Å². The Labute approximate surface area is 104 Å². The summed E-state index contributed by atoms with van der Waals surface area (Å²) in [6.07, 6.45) is 0. The van der Waals surface area contributed by atoms with Gasteiger partial charge in [0.25, 0.3) is 11.1 Å². The molecule has 2 rings (SSSR count). The molecule has 0 bridgehead atoms. The Bertz CT molecular complexity index is 462. The third kappa shape index (κ3) is 2.44. The molecule has 4 nitrogen and oxygen atoms in total. The lowest BCUT2D eigenvalue weighted by molar-refractivity contribution is -0.126. The summed E-state index contributed by atoms with van der Waals surface area (Å²) in [7, 11) is 0. The van der Waals surface area contributed by atoms with Gasteiger partial charge >= 0.3 is 0 Å². The lowest BCUT2D eigenvalue weighted by Crippen LogP contribution is -2.34. The number of rotatable bonds is 3. The molecule has 0 aliphatic carbocycles. The van der Waals surface area contributed by atoms with E-state index in [-0.39, 0.29) is 11.1 Å². The molecule has 5 heteroatoms. The number of nitrogens with zero attached hydrogens (tertiary/aromatic N) is 1. The summed E-state index contributed by atoms with van der Waals surface area (Å²) in [6.45, 7) is 4.21. The number of benzene rings is 1. The van der Waals surface area contributed by atoms with Gasteiger partial charge in [0, 0.05) is 12.2 Å². The van der Waals surface area contributed by atoms with Crippen LogP contribution in [0.5, 0.6) is 0 Å². The first kappa shape index (κ1) is 12.0. The molecular weight excluding hydrogens is 236 g/mol. The molecule has 2 amide bonds. The van der Waals surface area contributed by atoms with Crippen LogP contribution in [0.1, 0.15) is 12.5 Å². The Morgan fingerprint density at radius 3 is 2.76 bits per heavy atom. The SMILES string of the molecule is CCN1C(=O)S[C@H](Nc2cccc(C)c2)C1=O. The second kappa shape index (κ2) is 4.79. The van der Waals surface area contributed by atoms with Crippen LogP contribution in [0.4, 0.5) is 10.5 Å². The maximum Gasteiger partial charge on any atom is 0.290 e. The molecule has 1 heterocycles. The zero-order chi connectivity index (χ0) is 12.4. The number of aryl methyl sites for hydroxylation is 1. The predicted octanol–water partition coefficient (Wildman–Crippen LogP) is 2.45. The minimum absolute atomic E-state index is 0.163. The van der Waals surface area contributed by atoms with E-state index in [1.54, 1.807) is 6.92 Å². The van der Waals surface area contributed by atoms with Gasteiger partial charge in [-0.15, -0.1) is 0 Å². The molecule has 1 N–H and O–H groups in total. The number of amides is 2. The van der Waals surface area contributed by atoms with Crippen molar-refractivity contribution in [2.75, 3.05) is 11.9 Å². The van der Waals surface area contributed by atoms with E-state index in [9.17, 15) is 9.59 Å². The van der Waals surface area contributed by atoms with Crippen LogP contribution in [-0.2, 0) is 4.79 Å². The zero-order valence-corrected chi connectivity index (χ0v) is 10.6. The molecule has 1 aromatic carbocycles. The summed E-state index contributed by atoms with van der Waals surface area (Å²) in [4.78, 5) is 24.6. The Balaban J connectivity index is 2.11. The fourth-order valence-corrected chi connectivity index (χ4v) is 2.68. The molecule has 90 valence electrons. The largest absolute Gasteiger partial charge is 0.365 e. The van der Waals surface area contributed by atoms with Gasteiger partial charge in [-0.2, -0.15) is 0 Å². The fraction of sp³-hybridized carbons (Fsp3) is 0.333. The van der Waals surface area contributed by atoms with Crippen LogP contribution >= 0.6 is 11.8 Å². The number of thioether (sulfide) groups is 1. The van der Waals surface area contributed by atoms with E-state index in [0.717, 1.165) is 23.0 Å². The van der Waals surface area contributed by atoms with Gasteiger partial charge < -0.3 is 5.32 Å². The van der Waals surface area contributed by atoms with Gasteiger partial charge in [0.1, 0.15) is 0 Å². The smallest absolute Gasteiger partial charge is 0.290 e. The summed E-state index contributed by atoms with van der Waals surface area (Å²) < 4.78 is 0. The van der Waals surface area contributed by atoms with Crippen LogP contribution < -0.4 is 5.32 Å². The molecule has 1 aromatic rings. The number of imide groups is 1. The highest BCUT2D eigenvalue weighted by Crippen LogP contribution is 2.27. The third-order valence-corrected chi connectivity index (χ3v) is 3.54. The summed E-state index contributed by atoms with van der Waals surface area (Å²) in [6, 6.07) is 7.74. The van der Waals surface area contributed by atoms with E-state index < -0.39 is 5.37 Å². The minimum Gasteiger partial charge on any atom is -0.365 e. The van der Waals surface area contributed by atoms with Gasteiger partial charge in [-0.05, 0) is 43.3 Å². The topological polar surface area (TPSA) is 49.4 Å². The number of anilines is 1. The van der Waals surface area contributed by atoms with Crippen LogP contribution in [0.25, 0.3) is 0 Å². The number of nitrogens with one attached hydrogen (secondary N) is 1. The highest BCUT2D eigenvalue weighted by Gasteiger charge is 2.38. The standard InChI is InChI=1S/C12H14N2O2S/c1-3-14-11(15)10(17-12(14)16)13-9-6-4-5-8(2)7-9/h4-7,10,13H,3H2,1-2H3/t10-/m0/s1. The Hall–Kier alpha value is -1.49.